The van der Waals surface area contributed by atoms with Gasteiger partial charge in [-0.2, -0.15) is 0 Å². The number of methoxy groups -OCH3 is 1. The molecule has 2 aromatic carbocycles. The molecule has 1 N–H and O–H groups in total. The molecule has 2 aromatic rings. The van der Waals surface area contributed by atoms with Crippen molar-refractivity contribution in [3.63, 3.8) is 0 Å². The number of ether oxygens (including phenoxy) is 1. The summed E-state index contributed by atoms with van der Waals surface area (Å²) in [4.78, 5) is 17.6. The first kappa shape index (κ1) is 21.3. The second kappa shape index (κ2) is 10.4. The third kappa shape index (κ3) is 6.05. The van der Waals surface area contributed by atoms with Crippen molar-refractivity contribution in [2.75, 3.05) is 18.6 Å². The maximum atomic E-state index is 12.2. The largest absolute Gasteiger partial charge is 0.497 e. The number of rotatable bonds is 7. The predicted octanol–water partition coefficient (Wildman–Crippen LogP) is 4.19. The molecule has 152 valence electrons. The van der Waals surface area contributed by atoms with Gasteiger partial charge in [0.05, 0.1) is 24.0 Å². The van der Waals surface area contributed by atoms with Gasteiger partial charge in [-0.15, -0.1) is 0 Å². The van der Waals surface area contributed by atoms with Gasteiger partial charge in [0.1, 0.15) is 5.75 Å². The molecule has 0 aliphatic carbocycles. The van der Waals surface area contributed by atoms with Crippen molar-refractivity contribution in [2.24, 2.45) is 4.99 Å². The molecule has 0 fully saturated rings. The van der Waals surface area contributed by atoms with Gasteiger partial charge >= 0.3 is 0 Å². The van der Waals surface area contributed by atoms with Crippen LogP contribution >= 0.6 is 11.8 Å². The molecule has 1 amide bonds. The highest BCUT2D eigenvalue weighted by Crippen LogP contribution is 2.30. The smallest absolute Gasteiger partial charge is 0.249 e. The van der Waals surface area contributed by atoms with E-state index in [0.717, 1.165) is 33.9 Å². The first-order valence-corrected chi connectivity index (χ1v) is 11.7. The SMILES string of the molecule is CCCS(=O)c1ccc(/C=C/C(=O)NC2=NC(c3ccc(OC)cc3)CS2)cc1. The molecule has 1 heterocycles. The zero-order chi connectivity index (χ0) is 20.6. The Bertz CT molecular complexity index is 922. The Hall–Kier alpha value is -2.38. The van der Waals surface area contributed by atoms with Crippen molar-refractivity contribution in [1.29, 1.82) is 0 Å². The first-order valence-electron chi connectivity index (χ1n) is 9.41. The lowest BCUT2D eigenvalue weighted by atomic mass is 10.1. The maximum Gasteiger partial charge on any atom is 0.249 e. The van der Waals surface area contributed by atoms with Gasteiger partial charge in [-0.25, -0.2) is 0 Å². The third-order valence-electron chi connectivity index (χ3n) is 4.34. The molecule has 7 heteroatoms. The zero-order valence-electron chi connectivity index (χ0n) is 16.5. The van der Waals surface area contributed by atoms with E-state index >= 15 is 0 Å². The highest BCUT2D eigenvalue weighted by Gasteiger charge is 2.20. The van der Waals surface area contributed by atoms with E-state index in [1.807, 2.05) is 55.5 Å². The van der Waals surface area contributed by atoms with Crippen LogP contribution in [0.15, 0.2) is 64.5 Å². The second-order valence-electron chi connectivity index (χ2n) is 6.48. The third-order valence-corrected chi connectivity index (χ3v) is 6.88. The van der Waals surface area contributed by atoms with Gasteiger partial charge in [-0.3, -0.25) is 14.0 Å². The van der Waals surface area contributed by atoms with Crippen molar-refractivity contribution in [3.05, 3.63) is 65.7 Å². The fourth-order valence-corrected chi connectivity index (χ4v) is 4.80. The summed E-state index contributed by atoms with van der Waals surface area (Å²) in [6.45, 7) is 2.01. The van der Waals surface area contributed by atoms with Gasteiger partial charge in [0.2, 0.25) is 5.91 Å². The van der Waals surface area contributed by atoms with Crippen LogP contribution in [0.1, 0.15) is 30.5 Å². The lowest BCUT2D eigenvalue weighted by Crippen LogP contribution is -2.25. The lowest BCUT2D eigenvalue weighted by Gasteiger charge is -2.06. The maximum absolute atomic E-state index is 12.2. The molecule has 2 unspecified atom stereocenters. The van der Waals surface area contributed by atoms with Gasteiger partial charge in [0.25, 0.3) is 0 Å². The predicted molar refractivity (Wildman–Crippen MR) is 121 cm³/mol. The van der Waals surface area contributed by atoms with Crippen LogP contribution in [-0.2, 0) is 15.6 Å². The van der Waals surface area contributed by atoms with Crippen LogP contribution in [0.25, 0.3) is 6.08 Å². The summed E-state index contributed by atoms with van der Waals surface area (Å²) in [6, 6.07) is 15.3. The molecule has 0 radical (unpaired) electrons. The average Bonchev–Trinajstić information content (AvgIpc) is 3.21. The van der Waals surface area contributed by atoms with E-state index in [2.05, 4.69) is 10.3 Å². The Morgan fingerprint density at radius 1 is 1.24 bits per heavy atom. The van der Waals surface area contributed by atoms with Gasteiger partial charge in [0.15, 0.2) is 5.17 Å². The number of carbonyl (C=O) groups is 1. The summed E-state index contributed by atoms with van der Waals surface area (Å²) >= 11 is 1.53. The van der Waals surface area contributed by atoms with E-state index in [-0.39, 0.29) is 11.9 Å². The Morgan fingerprint density at radius 2 is 1.97 bits per heavy atom. The fourth-order valence-electron chi connectivity index (χ4n) is 2.79. The number of hydrogen-bond donors (Lipinski definition) is 1. The standard InChI is InChI=1S/C22H24N2O3S2/c1-3-14-29(26)19-11-4-16(5-12-19)6-13-21(25)24-22-23-20(15-28-22)17-7-9-18(27-2)10-8-17/h4-13,20H,3,14-15H2,1-2H3,(H,23,24,25)/b13-6+. The van der Waals surface area contributed by atoms with Crippen LogP contribution in [0.5, 0.6) is 5.75 Å². The van der Waals surface area contributed by atoms with Crippen LogP contribution in [-0.4, -0.2) is 33.9 Å². The minimum absolute atomic E-state index is 0.0294. The minimum atomic E-state index is -0.958. The van der Waals surface area contributed by atoms with Crippen LogP contribution in [0.2, 0.25) is 0 Å². The topological polar surface area (TPSA) is 67.8 Å². The number of amidine groups is 1. The highest BCUT2D eigenvalue weighted by atomic mass is 32.2. The van der Waals surface area contributed by atoms with Crippen molar-refractivity contribution < 1.29 is 13.7 Å². The molecular formula is C22H24N2O3S2. The summed E-state index contributed by atoms with van der Waals surface area (Å²) in [5, 5.41) is 3.46. The number of nitrogens with one attached hydrogen (secondary N) is 1. The quantitative estimate of drug-likeness (QED) is 0.672. The van der Waals surface area contributed by atoms with E-state index in [1.165, 1.54) is 17.8 Å². The van der Waals surface area contributed by atoms with Crippen LogP contribution in [0, 0.1) is 0 Å². The fraction of sp³-hybridized carbons (Fsp3) is 0.273. The zero-order valence-corrected chi connectivity index (χ0v) is 18.1. The Balaban J connectivity index is 1.55. The Morgan fingerprint density at radius 3 is 2.62 bits per heavy atom. The summed E-state index contributed by atoms with van der Waals surface area (Å²) in [7, 11) is 0.682. The van der Waals surface area contributed by atoms with E-state index in [0.29, 0.717) is 10.9 Å². The average molecular weight is 429 g/mol. The van der Waals surface area contributed by atoms with E-state index < -0.39 is 10.8 Å². The molecule has 5 nitrogen and oxygen atoms in total. The second-order valence-corrected chi connectivity index (χ2v) is 9.05. The molecule has 0 saturated heterocycles. The lowest BCUT2D eigenvalue weighted by molar-refractivity contribution is -0.115. The first-order chi connectivity index (χ1) is 14.1. The summed E-state index contributed by atoms with van der Waals surface area (Å²) < 4.78 is 17.2. The summed E-state index contributed by atoms with van der Waals surface area (Å²) in [5.41, 5.74) is 1.98. The molecule has 1 aliphatic rings. The molecule has 0 spiro atoms. The summed E-state index contributed by atoms with van der Waals surface area (Å²) in [6.07, 6.45) is 4.11. The summed E-state index contributed by atoms with van der Waals surface area (Å²) in [5.74, 6) is 2.05. The number of nitrogens with zero attached hydrogens (tertiary/aromatic N) is 1. The van der Waals surface area contributed by atoms with Gasteiger partial charge in [-0.05, 0) is 47.9 Å². The number of thioether (sulfide) groups is 1. The van der Waals surface area contributed by atoms with Crippen molar-refractivity contribution in [2.45, 2.75) is 24.3 Å². The molecule has 1 aliphatic heterocycles. The Labute approximate surface area is 178 Å². The number of carbonyl (C=O) groups excluding carboxylic acids is 1. The normalized spacial score (nSPS) is 17.2. The van der Waals surface area contributed by atoms with E-state index in [9.17, 15) is 9.00 Å². The van der Waals surface area contributed by atoms with Crippen LogP contribution in [0.3, 0.4) is 0 Å². The number of aliphatic imine (C=N–C) groups is 1. The van der Waals surface area contributed by atoms with Crippen molar-refractivity contribution in [3.8, 4) is 5.75 Å². The van der Waals surface area contributed by atoms with Gasteiger partial charge in [0, 0.05) is 22.5 Å². The molecule has 0 saturated carbocycles. The van der Waals surface area contributed by atoms with E-state index in [1.54, 1.807) is 13.2 Å². The number of hydrogen-bond acceptors (Lipinski definition) is 5. The molecule has 2 atom stereocenters. The van der Waals surface area contributed by atoms with Crippen LogP contribution in [0.4, 0.5) is 0 Å². The van der Waals surface area contributed by atoms with Crippen molar-refractivity contribution >= 4 is 39.7 Å². The van der Waals surface area contributed by atoms with Gasteiger partial charge < -0.3 is 10.1 Å². The number of amides is 1. The Kier molecular flexibility index (Phi) is 7.66. The highest BCUT2D eigenvalue weighted by molar-refractivity contribution is 8.14. The molecule has 3 rings (SSSR count). The van der Waals surface area contributed by atoms with Crippen LogP contribution < -0.4 is 10.1 Å². The minimum Gasteiger partial charge on any atom is -0.497 e. The molecule has 0 bridgehead atoms. The van der Waals surface area contributed by atoms with Gasteiger partial charge in [-0.1, -0.05) is 43.0 Å². The molecular weight excluding hydrogens is 404 g/mol. The molecule has 29 heavy (non-hydrogen) atoms. The molecule has 0 aromatic heterocycles. The van der Waals surface area contributed by atoms with E-state index in [4.69, 9.17) is 4.74 Å². The number of benzene rings is 2. The monoisotopic (exact) mass is 428 g/mol. The van der Waals surface area contributed by atoms with Crippen molar-refractivity contribution in [1.82, 2.24) is 5.32 Å².